The maximum atomic E-state index is 11.9. The van der Waals surface area contributed by atoms with Gasteiger partial charge in [-0.25, -0.2) is 4.79 Å². The van der Waals surface area contributed by atoms with E-state index in [1.807, 2.05) is 19.1 Å². The van der Waals surface area contributed by atoms with E-state index in [0.29, 0.717) is 25.3 Å². The van der Waals surface area contributed by atoms with Crippen molar-refractivity contribution in [3.8, 4) is 5.75 Å². The van der Waals surface area contributed by atoms with Gasteiger partial charge in [0.05, 0.1) is 11.6 Å². The van der Waals surface area contributed by atoms with Gasteiger partial charge >= 0.3 is 12.1 Å². The van der Waals surface area contributed by atoms with Crippen LogP contribution < -0.4 is 10.1 Å². The molecule has 6 nitrogen and oxygen atoms in total. The fraction of sp³-hybridized carbons (Fsp3) is 0.500. The quantitative estimate of drug-likeness (QED) is 0.874. The molecule has 0 aliphatic carbocycles. The maximum absolute atomic E-state index is 11.9. The second kappa shape index (κ2) is 6.68. The number of nitrogens with zero attached hydrogens (tertiary/aromatic N) is 1. The molecule has 0 saturated carbocycles. The first kappa shape index (κ1) is 16.1. The summed E-state index contributed by atoms with van der Waals surface area (Å²) in [5.74, 6) is -0.590. The monoisotopic (exact) mass is 306 g/mol. The van der Waals surface area contributed by atoms with E-state index in [2.05, 4.69) is 5.32 Å². The van der Waals surface area contributed by atoms with Crippen LogP contribution in [0.2, 0.25) is 0 Å². The highest BCUT2D eigenvalue weighted by Gasteiger charge is 2.29. The summed E-state index contributed by atoms with van der Waals surface area (Å²) >= 11 is 0. The molecule has 6 heteroatoms. The molecule has 1 amide bonds. The van der Waals surface area contributed by atoms with Crippen LogP contribution in [0.15, 0.2) is 18.2 Å². The molecule has 2 atom stereocenters. The fourth-order valence-electron chi connectivity index (χ4n) is 2.54. The van der Waals surface area contributed by atoms with Crippen LogP contribution >= 0.6 is 0 Å². The Bertz CT molecular complexity index is 573. The summed E-state index contributed by atoms with van der Waals surface area (Å²) in [7, 11) is 1.68. The number of carbonyl (C=O) groups excluding carboxylic acids is 1. The Balaban J connectivity index is 2.16. The van der Waals surface area contributed by atoms with Crippen molar-refractivity contribution in [1.82, 2.24) is 4.90 Å². The van der Waals surface area contributed by atoms with Gasteiger partial charge in [0.25, 0.3) is 0 Å². The molecule has 1 aliphatic heterocycles. The molecule has 1 aromatic carbocycles. The van der Waals surface area contributed by atoms with Crippen molar-refractivity contribution in [2.45, 2.75) is 26.2 Å². The zero-order valence-electron chi connectivity index (χ0n) is 13.1. The number of rotatable bonds is 5. The molecule has 1 heterocycles. The smallest absolute Gasteiger partial charge is 0.415 e. The molecule has 0 spiro atoms. The summed E-state index contributed by atoms with van der Waals surface area (Å²) in [4.78, 5) is 24.4. The first-order valence-corrected chi connectivity index (χ1v) is 7.46. The number of ether oxygens (including phenoxy) is 1. The first-order valence-electron chi connectivity index (χ1n) is 7.46. The molecular formula is C16H22N2O4. The van der Waals surface area contributed by atoms with Crippen molar-refractivity contribution >= 4 is 17.7 Å². The number of anilines is 1. The minimum Gasteiger partial charge on any atom is -0.481 e. The van der Waals surface area contributed by atoms with Crippen LogP contribution in [0.1, 0.15) is 31.7 Å². The Kier molecular flexibility index (Phi) is 4.90. The lowest BCUT2D eigenvalue weighted by Gasteiger charge is -2.16. The topological polar surface area (TPSA) is 78.9 Å². The molecule has 0 aromatic heterocycles. The number of aliphatic carboxylic acids is 1. The van der Waals surface area contributed by atoms with Crippen molar-refractivity contribution in [1.29, 1.82) is 0 Å². The molecule has 1 aromatic rings. The number of carboxylic acid groups (broad SMARTS) is 1. The predicted octanol–water partition coefficient (Wildman–Crippen LogP) is 2.76. The number of benzene rings is 1. The Labute approximate surface area is 130 Å². The Morgan fingerprint density at radius 3 is 2.86 bits per heavy atom. The van der Waals surface area contributed by atoms with E-state index < -0.39 is 18.0 Å². The third-order valence-corrected chi connectivity index (χ3v) is 4.07. The Morgan fingerprint density at radius 2 is 2.23 bits per heavy atom. The van der Waals surface area contributed by atoms with E-state index in [4.69, 9.17) is 9.84 Å². The summed E-state index contributed by atoms with van der Waals surface area (Å²) < 4.78 is 5.42. The second-order valence-corrected chi connectivity index (χ2v) is 5.66. The predicted molar refractivity (Wildman–Crippen MR) is 83.4 cm³/mol. The number of hydrogen-bond acceptors (Lipinski definition) is 4. The molecular weight excluding hydrogens is 284 g/mol. The van der Waals surface area contributed by atoms with Gasteiger partial charge in [-0.15, -0.1) is 0 Å². The normalized spacial score (nSPS) is 17.3. The summed E-state index contributed by atoms with van der Waals surface area (Å²) in [5, 5.41) is 12.3. The first-order chi connectivity index (χ1) is 10.4. The zero-order chi connectivity index (χ0) is 16.3. The lowest BCUT2D eigenvalue weighted by Crippen LogP contribution is -2.29. The van der Waals surface area contributed by atoms with Crippen LogP contribution in [0.4, 0.5) is 10.5 Å². The summed E-state index contributed by atoms with van der Waals surface area (Å²) in [6.45, 7) is 4.81. The molecule has 22 heavy (non-hydrogen) atoms. The molecule has 0 fully saturated rings. The van der Waals surface area contributed by atoms with Crippen LogP contribution in [0, 0.1) is 5.92 Å². The minimum atomic E-state index is -0.791. The largest absolute Gasteiger partial charge is 0.481 e. The average Bonchev–Trinajstić information content (AvgIpc) is 2.90. The number of hydrogen-bond donors (Lipinski definition) is 2. The van der Waals surface area contributed by atoms with Crippen molar-refractivity contribution in [3.63, 3.8) is 0 Å². The molecule has 120 valence electrons. The van der Waals surface area contributed by atoms with Gasteiger partial charge in [-0.3, -0.25) is 4.79 Å². The van der Waals surface area contributed by atoms with Gasteiger partial charge in [0.15, 0.2) is 5.75 Å². The van der Waals surface area contributed by atoms with Crippen molar-refractivity contribution in [3.05, 3.63) is 23.8 Å². The average molecular weight is 306 g/mol. The van der Waals surface area contributed by atoms with Gasteiger partial charge < -0.3 is 20.1 Å². The fourth-order valence-corrected chi connectivity index (χ4v) is 2.54. The van der Waals surface area contributed by atoms with Gasteiger partial charge in [-0.2, -0.15) is 0 Å². The van der Waals surface area contributed by atoms with E-state index in [1.165, 1.54) is 4.90 Å². The maximum Gasteiger partial charge on any atom is 0.415 e. The number of carbonyl (C=O) groups is 2. The van der Waals surface area contributed by atoms with Gasteiger partial charge in [0, 0.05) is 26.1 Å². The van der Waals surface area contributed by atoms with Gasteiger partial charge in [-0.05, 0) is 25.0 Å². The lowest BCUT2D eigenvalue weighted by atomic mass is 9.91. The number of nitrogens with one attached hydrogen (secondary N) is 1. The zero-order valence-corrected chi connectivity index (χ0v) is 13.1. The van der Waals surface area contributed by atoms with Crippen molar-refractivity contribution in [2.24, 2.45) is 5.92 Å². The van der Waals surface area contributed by atoms with Crippen LogP contribution in [0.3, 0.4) is 0 Å². The van der Waals surface area contributed by atoms with Crippen molar-refractivity contribution < 1.29 is 19.4 Å². The third-order valence-electron chi connectivity index (χ3n) is 4.07. The second-order valence-electron chi connectivity index (χ2n) is 5.66. The molecule has 0 radical (unpaired) electrons. The Hall–Kier alpha value is -2.24. The molecule has 2 N–H and O–H groups in total. The summed E-state index contributed by atoms with van der Waals surface area (Å²) in [6.07, 6.45) is 0.154. The van der Waals surface area contributed by atoms with E-state index in [1.54, 1.807) is 20.0 Å². The standard InChI is InChI=1S/C16H22N2O4/c1-4-18(3)16(21)22-13-7-5-6-12-11(9-17-14(12)13)8-10(2)15(19)20/h5-7,10-11,17H,4,8-9H2,1-3H3,(H,19,20). The van der Waals surface area contributed by atoms with Gasteiger partial charge in [-0.1, -0.05) is 19.1 Å². The SMILES string of the molecule is CCN(C)C(=O)Oc1cccc2c1NCC2CC(C)C(=O)O. The number of amides is 1. The van der Waals surface area contributed by atoms with Crippen molar-refractivity contribution in [2.75, 3.05) is 25.5 Å². The van der Waals surface area contributed by atoms with Crippen LogP contribution in [-0.2, 0) is 4.79 Å². The molecule has 2 rings (SSSR count). The number of fused-ring (bicyclic) bond motifs is 1. The highest BCUT2D eigenvalue weighted by atomic mass is 16.6. The third kappa shape index (κ3) is 3.32. The van der Waals surface area contributed by atoms with Gasteiger partial charge in [0.2, 0.25) is 0 Å². The molecule has 0 bridgehead atoms. The highest BCUT2D eigenvalue weighted by molar-refractivity contribution is 5.76. The molecule has 1 aliphatic rings. The number of para-hydroxylation sites is 1. The molecule has 2 unspecified atom stereocenters. The van der Waals surface area contributed by atoms with E-state index in [-0.39, 0.29) is 5.92 Å². The van der Waals surface area contributed by atoms with Crippen LogP contribution in [0.5, 0.6) is 5.75 Å². The highest BCUT2D eigenvalue weighted by Crippen LogP contribution is 2.41. The minimum absolute atomic E-state index is 0.114. The van der Waals surface area contributed by atoms with Crippen LogP contribution in [0.25, 0.3) is 0 Å². The molecule has 0 saturated heterocycles. The summed E-state index contributed by atoms with van der Waals surface area (Å²) in [6, 6.07) is 5.53. The lowest BCUT2D eigenvalue weighted by molar-refractivity contribution is -0.141. The van der Waals surface area contributed by atoms with Gasteiger partial charge in [0.1, 0.15) is 0 Å². The van der Waals surface area contributed by atoms with Crippen LogP contribution in [-0.4, -0.2) is 42.2 Å². The number of carboxylic acids is 1. The van der Waals surface area contributed by atoms with E-state index >= 15 is 0 Å². The Morgan fingerprint density at radius 1 is 1.50 bits per heavy atom. The summed E-state index contributed by atoms with van der Waals surface area (Å²) in [5.41, 5.74) is 1.81. The van der Waals surface area contributed by atoms with E-state index in [0.717, 1.165) is 11.3 Å². The van der Waals surface area contributed by atoms with E-state index in [9.17, 15) is 9.59 Å².